The molecule has 0 aliphatic carbocycles. The summed E-state index contributed by atoms with van der Waals surface area (Å²) in [5.74, 6) is -0.408. The molecule has 0 spiro atoms. The molecular weight excluding hydrogens is 443 g/mol. The number of para-hydroxylation sites is 1. The summed E-state index contributed by atoms with van der Waals surface area (Å²) < 4.78 is 30.1. The molecule has 0 unspecified atom stereocenters. The molecule has 3 aromatic carbocycles. The molecule has 1 heterocycles. The Kier molecular flexibility index (Phi) is 5.14. The van der Waals surface area contributed by atoms with Crippen LogP contribution in [0, 0.1) is 5.82 Å². The topological polar surface area (TPSA) is 65.7 Å². The molecule has 5 nitrogen and oxygen atoms in total. The third-order valence-electron chi connectivity index (χ3n) is 4.06. The lowest BCUT2D eigenvalue weighted by molar-refractivity contribution is 0.0735. The second-order valence-corrected chi connectivity index (χ2v) is 6.87. The number of fused-ring (bicyclic) bond motifs is 1. The van der Waals surface area contributed by atoms with Gasteiger partial charge < -0.3 is 13.9 Å². The summed E-state index contributed by atoms with van der Waals surface area (Å²) in [5, 5.41) is 0.274. The second kappa shape index (κ2) is 7.89. The Morgan fingerprint density at radius 1 is 0.966 bits per heavy atom. The SMILES string of the molecule is O=C(Oc1ccc2c(=O)c(Oc3ccccc3Br)coc2c1)c1ccc(F)cc1. The third kappa shape index (κ3) is 4.05. The summed E-state index contributed by atoms with van der Waals surface area (Å²) in [6, 6.07) is 16.5. The zero-order valence-corrected chi connectivity index (χ0v) is 16.3. The standard InChI is InChI=1S/C22H12BrFO5/c23-17-3-1-2-4-18(17)29-20-12-27-19-11-15(9-10-16(19)21(20)25)28-22(26)13-5-7-14(24)8-6-13/h1-12H. The van der Waals surface area contributed by atoms with Crippen molar-refractivity contribution in [1.82, 2.24) is 0 Å². The van der Waals surface area contributed by atoms with E-state index in [1.807, 2.05) is 6.07 Å². The van der Waals surface area contributed by atoms with Gasteiger partial charge >= 0.3 is 5.97 Å². The number of halogens is 2. The maximum absolute atomic E-state index is 13.0. The molecule has 0 N–H and O–H groups in total. The van der Waals surface area contributed by atoms with Crippen molar-refractivity contribution >= 4 is 32.9 Å². The predicted octanol–water partition coefficient (Wildman–Crippen LogP) is 5.71. The Bertz CT molecular complexity index is 1260. The molecule has 0 amide bonds. The Hall–Kier alpha value is -3.45. The van der Waals surface area contributed by atoms with Crippen LogP contribution in [0.1, 0.15) is 10.4 Å². The van der Waals surface area contributed by atoms with Crippen molar-refractivity contribution in [1.29, 1.82) is 0 Å². The van der Waals surface area contributed by atoms with Crippen molar-refractivity contribution in [2.45, 2.75) is 0 Å². The zero-order valence-electron chi connectivity index (χ0n) is 14.7. The van der Waals surface area contributed by atoms with E-state index in [0.29, 0.717) is 10.2 Å². The first-order chi connectivity index (χ1) is 14.0. The van der Waals surface area contributed by atoms with E-state index < -0.39 is 11.8 Å². The van der Waals surface area contributed by atoms with Crippen LogP contribution in [0.3, 0.4) is 0 Å². The molecule has 4 aromatic rings. The average molecular weight is 455 g/mol. The number of rotatable bonds is 4. The van der Waals surface area contributed by atoms with Crippen LogP contribution in [0.15, 0.2) is 86.7 Å². The fraction of sp³-hybridized carbons (Fsp3) is 0. The molecular formula is C22H12BrFO5. The summed E-state index contributed by atoms with van der Waals surface area (Å²) in [6.07, 6.45) is 1.20. The maximum atomic E-state index is 13.0. The van der Waals surface area contributed by atoms with Crippen molar-refractivity contribution < 1.29 is 23.1 Å². The lowest BCUT2D eigenvalue weighted by atomic mass is 10.2. The van der Waals surface area contributed by atoms with Gasteiger partial charge in [0.05, 0.1) is 15.4 Å². The number of benzene rings is 3. The van der Waals surface area contributed by atoms with Crippen molar-refractivity contribution in [3.63, 3.8) is 0 Å². The fourth-order valence-electron chi connectivity index (χ4n) is 2.62. The first-order valence-electron chi connectivity index (χ1n) is 8.47. The van der Waals surface area contributed by atoms with E-state index in [-0.39, 0.29) is 33.5 Å². The minimum absolute atomic E-state index is 0.0282. The zero-order chi connectivity index (χ0) is 20.4. The highest BCUT2D eigenvalue weighted by Crippen LogP contribution is 2.29. The quantitative estimate of drug-likeness (QED) is 0.292. The van der Waals surface area contributed by atoms with Gasteiger partial charge in [-0.05, 0) is 64.5 Å². The molecule has 0 bridgehead atoms. The first kappa shape index (κ1) is 18.9. The first-order valence-corrected chi connectivity index (χ1v) is 9.26. The van der Waals surface area contributed by atoms with Crippen molar-refractivity contribution in [3.05, 3.63) is 99.1 Å². The number of hydrogen-bond donors (Lipinski definition) is 0. The van der Waals surface area contributed by atoms with Crippen LogP contribution in [0.5, 0.6) is 17.2 Å². The van der Waals surface area contributed by atoms with Gasteiger partial charge in [-0.2, -0.15) is 0 Å². The second-order valence-electron chi connectivity index (χ2n) is 6.02. The Morgan fingerprint density at radius 2 is 1.72 bits per heavy atom. The monoisotopic (exact) mass is 454 g/mol. The van der Waals surface area contributed by atoms with E-state index in [2.05, 4.69) is 15.9 Å². The smallest absolute Gasteiger partial charge is 0.343 e. The summed E-state index contributed by atoms with van der Waals surface area (Å²) in [6.45, 7) is 0. The normalized spacial score (nSPS) is 10.7. The molecule has 29 heavy (non-hydrogen) atoms. The molecule has 0 radical (unpaired) electrons. The van der Waals surface area contributed by atoms with E-state index in [1.54, 1.807) is 18.2 Å². The van der Waals surface area contributed by atoms with Gasteiger partial charge in [-0.3, -0.25) is 4.79 Å². The van der Waals surface area contributed by atoms with Crippen LogP contribution in [0.4, 0.5) is 4.39 Å². The summed E-state index contributed by atoms with van der Waals surface area (Å²) in [5.41, 5.74) is 0.0717. The van der Waals surface area contributed by atoms with Crippen molar-refractivity contribution in [2.75, 3.05) is 0 Å². The van der Waals surface area contributed by atoms with E-state index in [9.17, 15) is 14.0 Å². The predicted molar refractivity (Wildman–Crippen MR) is 108 cm³/mol. The van der Waals surface area contributed by atoms with Crippen LogP contribution in [0.2, 0.25) is 0 Å². The maximum Gasteiger partial charge on any atom is 0.343 e. The molecule has 0 aliphatic heterocycles. The number of carbonyl (C=O) groups excluding carboxylic acids is 1. The van der Waals surface area contributed by atoms with Gasteiger partial charge in [0.25, 0.3) is 0 Å². The highest BCUT2D eigenvalue weighted by Gasteiger charge is 2.13. The van der Waals surface area contributed by atoms with Crippen LogP contribution < -0.4 is 14.9 Å². The van der Waals surface area contributed by atoms with Crippen LogP contribution in [-0.4, -0.2) is 5.97 Å². The van der Waals surface area contributed by atoms with Crippen molar-refractivity contribution in [2.24, 2.45) is 0 Å². The highest BCUT2D eigenvalue weighted by atomic mass is 79.9. The number of esters is 1. The molecule has 144 valence electrons. The van der Waals surface area contributed by atoms with Gasteiger partial charge in [0, 0.05) is 6.07 Å². The Balaban J connectivity index is 1.60. The number of ether oxygens (including phenoxy) is 2. The van der Waals surface area contributed by atoms with Gasteiger partial charge in [0.2, 0.25) is 11.2 Å². The molecule has 0 atom stereocenters. The third-order valence-corrected chi connectivity index (χ3v) is 4.72. The minimum atomic E-state index is -0.652. The lowest BCUT2D eigenvalue weighted by Crippen LogP contribution is -2.09. The van der Waals surface area contributed by atoms with Crippen LogP contribution in [0.25, 0.3) is 11.0 Å². The van der Waals surface area contributed by atoms with E-state index in [4.69, 9.17) is 13.9 Å². The molecule has 0 saturated heterocycles. The highest BCUT2D eigenvalue weighted by molar-refractivity contribution is 9.10. The summed E-state index contributed by atoms with van der Waals surface area (Å²) >= 11 is 3.36. The Labute approximate surface area is 172 Å². The van der Waals surface area contributed by atoms with Crippen molar-refractivity contribution in [3.8, 4) is 17.2 Å². The van der Waals surface area contributed by atoms with E-state index in [0.717, 1.165) is 0 Å². The lowest BCUT2D eigenvalue weighted by Gasteiger charge is -2.08. The summed E-state index contributed by atoms with van der Waals surface area (Å²) in [4.78, 5) is 24.8. The minimum Gasteiger partial charge on any atom is -0.460 e. The van der Waals surface area contributed by atoms with Gasteiger partial charge in [-0.1, -0.05) is 12.1 Å². The van der Waals surface area contributed by atoms with E-state index in [1.165, 1.54) is 48.7 Å². The molecule has 7 heteroatoms. The molecule has 4 rings (SSSR count). The molecule has 0 saturated carbocycles. The van der Waals surface area contributed by atoms with Gasteiger partial charge in [-0.25, -0.2) is 9.18 Å². The van der Waals surface area contributed by atoms with E-state index >= 15 is 0 Å². The molecule has 1 aromatic heterocycles. The summed E-state index contributed by atoms with van der Waals surface area (Å²) in [7, 11) is 0. The fourth-order valence-corrected chi connectivity index (χ4v) is 2.99. The van der Waals surface area contributed by atoms with Crippen LogP contribution in [-0.2, 0) is 0 Å². The number of carbonyl (C=O) groups is 1. The van der Waals surface area contributed by atoms with Crippen LogP contribution >= 0.6 is 15.9 Å². The van der Waals surface area contributed by atoms with Gasteiger partial charge in [-0.15, -0.1) is 0 Å². The average Bonchev–Trinajstić information content (AvgIpc) is 2.72. The van der Waals surface area contributed by atoms with Gasteiger partial charge in [0.15, 0.2) is 0 Å². The largest absolute Gasteiger partial charge is 0.460 e. The van der Waals surface area contributed by atoms with Gasteiger partial charge in [0.1, 0.15) is 29.2 Å². The Morgan fingerprint density at radius 3 is 2.48 bits per heavy atom. The molecule has 0 fully saturated rings. The molecule has 0 aliphatic rings. The number of hydrogen-bond acceptors (Lipinski definition) is 5.